The van der Waals surface area contributed by atoms with Gasteiger partial charge >= 0.3 is 0 Å². The fraction of sp³-hybridized carbons (Fsp3) is 0.667. The number of rotatable bonds is 5. The number of Topliss-reactive ketones (excluding diaryl/α,β-unsaturated/α-hetero) is 1. The summed E-state index contributed by atoms with van der Waals surface area (Å²) in [6.07, 6.45) is 3.20. The molecule has 1 aliphatic heterocycles. The van der Waals surface area contributed by atoms with Crippen LogP contribution in [-0.4, -0.2) is 60.5 Å². The molecule has 2 aliphatic rings. The van der Waals surface area contributed by atoms with Gasteiger partial charge in [0.15, 0.2) is 5.78 Å². The second kappa shape index (κ2) is 7.49. The molecule has 24 heavy (non-hydrogen) atoms. The van der Waals surface area contributed by atoms with E-state index in [0.717, 1.165) is 56.9 Å². The zero-order chi connectivity index (χ0) is 17.1. The highest BCUT2D eigenvalue weighted by Crippen LogP contribution is 2.26. The van der Waals surface area contributed by atoms with Gasteiger partial charge in [0.05, 0.1) is 23.8 Å². The van der Waals surface area contributed by atoms with E-state index in [1.54, 1.807) is 0 Å². The number of amides is 1. The lowest BCUT2D eigenvalue weighted by molar-refractivity contribution is -0.0296. The van der Waals surface area contributed by atoms with Crippen molar-refractivity contribution in [2.24, 2.45) is 0 Å². The third kappa shape index (κ3) is 3.54. The Morgan fingerprint density at radius 2 is 2.25 bits per heavy atom. The number of hydrogen-bond donors (Lipinski definition) is 2. The summed E-state index contributed by atoms with van der Waals surface area (Å²) in [6.45, 7) is 8.27. The number of nitrogens with one attached hydrogen (secondary N) is 2. The monoisotopic (exact) mass is 333 g/mol. The number of carbonyl (C=O) groups excluding carboxylic acids is 2. The lowest BCUT2D eigenvalue weighted by Crippen LogP contribution is -2.43. The summed E-state index contributed by atoms with van der Waals surface area (Å²) in [5, 5.41) is 2.97. The Morgan fingerprint density at radius 1 is 1.42 bits per heavy atom. The Bertz CT molecular complexity index is 623. The highest BCUT2D eigenvalue weighted by atomic mass is 16.5. The molecule has 2 N–H and O–H groups in total. The highest BCUT2D eigenvalue weighted by molar-refractivity contribution is 6.10. The number of morpholine rings is 1. The van der Waals surface area contributed by atoms with Crippen LogP contribution in [0.4, 0.5) is 0 Å². The van der Waals surface area contributed by atoms with Gasteiger partial charge in [-0.05, 0) is 32.7 Å². The summed E-state index contributed by atoms with van der Waals surface area (Å²) in [4.78, 5) is 30.3. The van der Waals surface area contributed by atoms with Crippen LogP contribution < -0.4 is 5.32 Å². The fourth-order valence-electron chi connectivity index (χ4n) is 3.70. The van der Waals surface area contributed by atoms with E-state index in [4.69, 9.17) is 4.74 Å². The summed E-state index contributed by atoms with van der Waals surface area (Å²) in [5.74, 6) is -0.0663. The minimum atomic E-state index is -0.150. The molecule has 0 unspecified atom stereocenters. The second-order valence-corrected chi connectivity index (χ2v) is 6.69. The van der Waals surface area contributed by atoms with Crippen molar-refractivity contribution in [2.45, 2.75) is 45.6 Å². The lowest BCUT2D eigenvalue weighted by Gasteiger charge is -2.32. The Kier molecular flexibility index (Phi) is 5.36. The zero-order valence-corrected chi connectivity index (χ0v) is 14.6. The Morgan fingerprint density at radius 3 is 3.04 bits per heavy atom. The molecule has 0 spiro atoms. The van der Waals surface area contributed by atoms with Crippen LogP contribution in [0.5, 0.6) is 0 Å². The van der Waals surface area contributed by atoms with Crippen LogP contribution in [-0.2, 0) is 11.2 Å². The minimum absolute atomic E-state index is 0.0833. The smallest absolute Gasteiger partial charge is 0.253 e. The number of hydrogen-bond acceptors (Lipinski definition) is 4. The minimum Gasteiger partial charge on any atom is -0.375 e. The van der Waals surface area contributed by atoms with Gasteiger partial charge < -0.3 is 15.0 Å². The number of carbonyl (C=O) groups is 2. The fourth-order valence-corrected chi connectivity index (χ4v) is 3.70. The molecule has 0 bridgehead atoms. The van der Waals surface area contributed by atoms with E-state index in [0.29, 0.717) is 24.1 Å². The van der Waals surface area contributed by atoms with Crippen LogP contribution in [0.2, 0.25) is 0 Å². The van der Waals surface area contributed by atoms with Crippen LogP contribution >= 0.6 is 0 Å². The molecule has 0 saturated carbocycles. The number of H-pyrrole nitrogens is 1. The van der Waals surface area contributed by atoms with E-state index in [9.17, 15) is 9.59 Å². The number of fused-ring (bicyclic) bond motifs is 1. The second-order valence-electron chi connectivity index (χ2n) is 6.69. The average Bonchev–Trinajstić information content (AvgIpc) is 2.92. The normalized spacial score (nSPS) is 21.6. The van der Waals surface area contributed by atoms with Crippen molar-refractivity contribution < 1.29 is 14.3 Å². The van der Waals surface area contributed by atoms with Gasteiger partial charge in [-0.2, -0.15) is 0 Å². The molecular formula is C18H27N3O3. The van der Waals surface area contributed by atoms with Gasteiger partial charge in [0.2, 0.25) is 0 Å². The quantitative estimate of drug-likeness (QED) is 0.860. The number of aryl methyl sites for hydroxylation is 2. The molecule has 1 aromatic rings. The van der Waals surface area contributed by atoms with Crippen molar-refractivity contribution in [2.75, 3.05) is 32.8 Å². The van der Waals surface area contributed by atoms with Gasteiger partial charge in [-0.25, -0.2) is 0 Å². The van der Waals surface area contributed by atoms with Crippen molar-refractivity contribution in [1.29, 1.82) is 0 Å². The first kappa shape index (κ1) is 17.2. The molecular weight excluding hydrogens is 306 g/mol. The van der Waals surface area contributed by atoms with E-state index in [1.165, 1.54) is 0 Å². The first-order valence-electron chi connectivity index (χ1n) is 8.97. The largest absolute Gasteiger partial charge is 0.375 e. The van der Waals surface area contributed by atoms with E-state index >= 15 is 0 Å². The Labute approximate surface area is 142 Å². The zero-order valence-electron chi connectivity index (χ0n) is 14.6. The summed E-state index contributed by atoms with van der Waals surface area (Å²) < 4.78 is 5.76. The molecule has 6 nitrogen and oxygen atoms in total. The molecule has 132 valence electrons. The van der Waals surface area contributed by atoms with Crippen molar-refractivity contribution in [3.8, 4) is 0 Å². The van der Waals surface area contributed by atoms with E-state index in [-0.39, 0.29) is 17.8 Å². The molecule has 1 aliphatic carbocycles. The van der Waals surface area contributed by atoms with Gasteiger partial charge in [-0.1, -0.05) is 6.92 Å². The molecule has 1 fully saturated rings. The number of ether oxygens (including phenoxy) is 1. The Balaban J connectivity index is 1.58. The topological polar surface area (TPSA) is 74.4 Å². The summed E-state index contributed by atoms with van der Waals surface area (Å²) in [6, 6.07) is 0. The van der Waals surface area contributed by atoms with Crippen molar-refractivity contribution >= 4 is 11.7 Å². The van der Waals surface area contributed by atoms with Gasteiger partial charge in [-0.15, -0.1) is 0 Å². The molecule has 1 saturated heterocycles. The van der Waals surface area contributed by atoms with Crippen molar-refractivity contribution in [3.63, 3.8) is 0 Å². The van der Waals surface area contributed by atoms with Crippen molar-refractivity contribution in [1.82, 2.24) is 15.2 Å². The first-order chi connectivity index (χ1) is 11.6. The molecule has 2 heterocycles. The molecule has 1 aromatic heterocycles. The maximum absolute atomic E-state index is 12.6. The number of likely N-dealkylation sites (N-methyl/N-ethyl adjacent to an activating group) is 1. The molecule has 0 radical (unpaired) electrons. The van der Waals surface area contributed by atoms with Crippen LogP contribution in [0.15, 0.2) is 0 Å². The van der Waals surface area contributed by atoms with Crippen molar-refractivity contribution in [3.05, 3.63) is 22.5 Å². The average molecular weight is 333 g/mol. The van der Waals surface area contributed by atoms with E-state index < -0.39 is 0 Å². The van der Waals surface area contributed by atoms with E-state index in [2.05, 4.69) is 22.1 Å². The number of ketones is 1. The predicted octanol–water partition coefficient (Wildman–Crippen LogP) is 1.68. The van der Waals surface area contributed by atoms with Gasteiger partial charge in [0.25, 0.3) is 5.91 Å². The van der Waals surface area contributed by atoms with Crippen LogP contribution in [0, 0.1) is 6.92 Å². The molecule has 1 amide bonds. The summed E-state index contributed by atoms with van der Waals surface area (Å²) in [5.41, 5.74) is 2.86. The molecule has 0 aromatic carbocycles. The van der Waals surface area contributed by atoms with Gasteiger partial charge in [-0.3, -0.25) is 14.5 Å². The molecule has 1 atom stereocenters. The Hall–Kier alpha value is -1.66. The van der Waals surface area contributed by atoms with Gasteiger partial charge in [0, 0.05) is 37.4 Å². The third-order valence-corrected chi connectivity index (χ3v) is 5.02. The number of nitrogens with zero attached hydrogens (tertiary/aromatic N) is 1. The SMILES string of the molecule is CCN1CCO[C@H](CCNC(=O)c2c(C)[nH]c3c2C(=O)CCC3)C1. The summed E-state index contributed by atoms with van der Waals surface area (Å²) in [7, 11) is 0. The van der Waals surface area contributed by atoms with Crippen LogP contribution in [0.3, 0.4) is 0 Å². The van der Waals surface area contributed by atoms with E-state index in [1.807, 2.05) is 6.92 Å². The van der Waals surface area contributed by atoms with Crippen LogP contribution in [0.1, 0.15) is 58.3 Å². The lowest BCUT2D eigenvalue weighted by atomic mass is 9.93. The highest BCUT2D eigenvalue weighted by Gasteiger charge is 2.28. The summed E-state index contributed by atoms with van der Waals surface area (Å²) >= 11 is 0. The maximum Gasteiger partial charge on any atom is 0.253 e. The number of aromatic nitrogens is 1. The third-order valence-electron chi connectivity index (χ3n) is 5.02. The first-order valence-corrected chi connectivity index (χ1v) is 8.97. The molecule has 3 rings (SSSR count). The molecule has 6 heteroatoms. The number of aromatic amines is 1. The van der Waals surface area contributed by atoms with Crippen LogP contribution in [0.25, 0.3) is 0 Å². The predicted molar refractivity (Wildman–Crippen MR) is 91.6 cm³/mol. The maximum atomic E-state index is 12.6. The standard InChI is InChI=1S/C18H27N3O3/c1-3-21-9-10-24-13(11-21)7-8-19-18(23)16-12(2)20-14-5-4-6-15(22)17(14)16/h13,20H,3-11H2,1-2H3,(H,19,23)/t13-/m1/s1. The van der Waals surface area contributed by atoms with Gasteiger partial charge in [0.1, 0.15) is 0 Å².